The molecule has 0 spiro atoms. The fourth-order valence-electron chi connectivity index (χ4n) is 4.13. The molecule has 180 valence electrons. The van der Waals surface area contributed by atoms with Crippen molar-refractivity contribution in [2.24, 2.45) is 0 Å². The summed E-state index contributed by atoms with van der Waals surface area (Å²) in [6.45, 7) is 1.24. The number of carbonyl (C=O) groups is 1. The van der Waals surface area contributed by atoms with Crippen molar-refractivity contribution in [1.29, 1.82) is 0 Å². The van der Waals surface area contributed by atoms with Crippen molar-refractivity contribution >= 4 is 51.7 Å². The summed E-state index contributed by atoms with van der Waals surface area (Å²) in [5, 5.41) is 13.7. The predicted octanol–water partition coefficient (Wildman–Crippen LogP) is 3.22. The average molecular weight is 509 g/mol. The largest absolute Gasteiger partial charge is 0.387 e. The number of aromatic nitrogens is 2. The molecule has 1 aromatic carbocycles. The molecule has 3 aromatic rings. The Morgan fingerprint density at radius 2 is 2.03 bits per heavy atom. The van der Waals surface area contributed by atoms with E-state index in [1.807, 2.05) is 30.3 Å². The zero-order valence-electron chi connectivity index (χ0n) is 18.8. The van der Waals surface area contributed by atoms with Crippen LogP contribution < -0.4 is 10.9 Å². The number of ether oxygens (including phenoxy) is 1. The van der Waals surface area contributed by atoms with Gasteiger partial charge in [0.25, 0.3) is 11.5 Å². The van der Waals surface area contributed by atoms with Crippen LogP contribution in [0, 0.1) is 0 Å². The topological polar surface area (TPSA) is 96.2 Å². The van der Waals surface area contributed by atoms with Gasteiger partial charge in [-0.05, 0) is 36.6 Å². The summed E-state index contributed by atoms with van der Waals surface area (Å²) in [7, 11) is 0. The second kappa shape index (κ2) is 10.3. The van der Waals surface area contributed by atoms with E-state index in [-0.39, 0.29) is 29.7 Å². The molecule has 0 unspecified atom stereocenters. The van der Waals surface area contributed by atoms with Crippen molar-refractivity contribution in [3.8, 4) is 0 Å². The number of aliphatic hydroxyl groups excluding tert-OH is 1. The summed E-state index contributed by atoms with van der Waals surface area (Å²) in [4.78, 5) is 33.0. The number of nitrogens with one attached hydrogen (secondary N) is 1. The number of nitrogens with zero attached hydrogens (tertiary/aromatic N) is 3. The predicted molar refractivity (Wildman–Crippen MR) is 140 cm³/mol. The van der Waals surface area contributed by atoms with Crippen LogP contribution in [-0.2, 0) is 9.53 Å². The minimum Gasteiger partial charge on any atom is -0.387 e. The molecule has 1 amide bonds. The number of thioether (sulfide) groups is 1. The lowest BCUT2D eigenvalue weighted by molar-refractivity contribution is -0.123. The molecule has 8 nitrogen and oxygen atoms in total. The zero-order chi connectivity index (χ0) is 24.4. The van der Waals surface area contributed by atoms with Crippen LogP contribution >= 0.6 is 24.0 Å². The molecular weight excluding hydrogens is 484 g/mol. The van der Waals surface area contributed by atoms with Crippen LogP contribution in [0.4, 0.5) is 5.82 Å². The van der Waals surface area contributed by atoms with Crippen LogP contribution in [0.1, 0.15) is 30.1 Å². The van der Waals surface area contributed by atoms with E-state index >= 15 is 0 Å². The first-order valence-electron chi connectivity index (χ1n) is 11.4. The fraction of sp³-hybridized carbons (Fsp3) is 0.280. The van der Waals surface area contributed by atoms with Gasteiger partial charge in [0.2, 0.25) is 0 Å². The third-order valence-electron chi connectivity index (χ3n) is 5.98. The first kappa shape index (κ1) is 23.7. The summed E-state index contributed by atoms with van der Waals surface area (Å²) in [5.74, 6) is 0.0453. The van der Waals surface area contributed by atoms with Gasteiger partial charge >= 0.3 is 0 Å². The Kier molecular flexibility index (Phi) is 6.96. The van der Waals surface area contributed by atoms with Crippen molar-refractivity contribution in [2.45, 2.75) is 25.0 Å². The Hall–Kier alpha value is -3.05. The molecule has 0 saturated carbocycles. The van der Waals surface area contributed by atoms with Gasteiger partial charge in [0, 0.05) is 19.3 Å². The molecule has 5 rings (SSSR count). The van der Waals surface area contributed by atoms with Gasteiger partial charge in [0.05, 0.1) is 29.2 Å². The lowest BCUT2D eigenvalue weighted by Crippen LogP contribution is -2.35. The molecule has 0 radical (unpaired) electrons. The summed E-state index contributed by atoms with van der Waals surface area (Å²) in [5.41, 5.74) is 1.11. The Labute approximate surface area is 211 Å². The second-order valence-electron chi connectivity index (χ2n) is 8.34. The van der Waals surface area contributed by atoms with Crippen molar-refractivity contribution in [3.05, 3.63) is 81.1 Å². The maximum absolute atomic E-state index is 13.4. The maximum Gasteiger partial charge on any atom is 0.267 e. The molecule has 2 N–H and O–H groups in total. The maximum atomic E-state index is 13.4. The number of rotatable bonds is 7. The number of carbonyl (C=O) groups excluding carboxylic acids is 1. The monoisotopic (exact) mass is 508 g/mol. The molecular formula is C25H24N4O4S2. The van der Waals surface area contributed by atoms with Crippen molar-refractivity contribution < 1.29 is 14.6 Å². The highest BCUT2D eigenvalue weighted by atomic mass is 32.2. The molecule has 0 aliphatic carbocycles. The van der Waals surface area contributed by atoms with Crippen LogP contribution in [0.3, 0.4) is 0 Å². The van der Waals surface area contributed by atoms with E-state index in [1.54, 1.807) is 35.4 Å². The first-order valence-corrected chi connectivity index (χ1v) is 12.6. The van der Waals surface area contributed by atoms with E-state index in [2.05, 4.69) is 10.3 Å². The number of aliphatic hydroxyl groups is 1. The Morgan fingerprint density at radius 3 is 2.80 bits per heavy atom. The lowest BCUT2D eigenvalue weighted by Gasteiger charge is -2.18. The van der Waals surface area contributed by atoms with Crippen molar-refractivity contribution in [3.63, 3.8) is 0 Å². The Bertz CT molecular complexity index is 1350. The average Bonchev–Trinajstić information content (AvgIpc) is 3.49. The minimum atomic E-state index is -0.801. The Morgan fingerprint density at radius 1 is 1.23 bits per heavy atom. The smallest absolute Gasteiger partial charge is 0.267 e. The quantitative estimate of drug-likeness (QED) is 0.371. The van der Waals surface area contributed by atoms with Crippen LogP contribution in [-0.4, -0.2) is 55.4 Å². The van der Waals surface area contributed by atoms with Crippen LogP contribution in [0.2, 0.25) is 0 Å². The number of pyridine rings is 1. The van der Waals surface area contributed by atoms with Gasteiger partial charge in [-0.3, -0.25) is 18.9 Å². The van der Waals surface area contributed by atoms with Gasteiger partial charge in [-0.15, -0.1) is 0 Å². The molecule has 2 aromatic heterocycles. The summed E-state index contributed by atoms with van der Waals surface area (Å²) in [6.07, 6.45) is 4.21. The third-order valence-corrected chi connectivity index (χ3v) is 7.35. The van der Waals surface area contributed by atoms with E-state index in [1.165, 1.54) is 4.40 Å². The molecule has 2 aliphatic heterocycles. The molecule has 0 bridgehead atoms. The van der Waals surface area contributed by atoms with Crippen LogP contribution in [0.5, 0.6) is 0 Å². The highest BCUT2D eigenvalue weighted by Gasteiger charge is 2.35. The van der Waals surface area contributed by atoms with Gasteiger partial charge in [-0.2, -0.15) is 0 Å². The molecule has 2 aliphatic rings. The van der Waals surface area contributed by atoms with E-state index in [9.17, 15) is 14.7 Å². The van der Waals surface area contributed by atoms with Crippen LogP contribution in [0.25, 0.3) is 11.7 Å². The van der Waals surface area contributed by atoms with Gasteiger partial charge < -0.3 is 15.2 Å². The van der Waals surface area contributed by atoms with Crippen molar-refractivity contribution in [1.82, 2.24) is 14.3 Å². The zero-order valence-corrected chi connectivity index (χ0v) is 20.4. The van der Waals surface area contributed by atoms with E-state index in [4.69, 9.17) is 17.0 Å². The summed E-state index contributed by atoms with van der Waals surface area (Å²) >= 11 is 6.62. The summed E-state index contributed by atoms with van der Waals surface area (Å²) < 4.78 is 7.54. The molecule has 10 heteroatoms. The molecule has 35 heavy (non-hydrogen) atoms. The molecule has 2 saturated heterocycles. The van der Waals surface area contributed by atoms with Gasteiger partial charge in [0.1, 0.15) is 15.8 Å². The number of thiocarbonyl (C=S) groups is 1. The first-order chi connectivity index (χ1) is 17.0. The lowest BCUT2D eigenvalue weighted by atomic mass is 10.1. The van der Waals surface area contributed by atoms with Gasteiger partial charge in [-0.25, -0.2) is 4.98 Å². The van der Waals surface area contributed by atoms with Crippen molar-refractivity contribution in [2.75, 3.05) is 25.0 Å². The Balaban J connectivity index is 1.47. The molecule has 4 heterocycles. The standard InChI is InChI=1S/C25H24N4O4S2/c30-19(16-7-2-1-3-8-16)14-26-22-18(23(31)28-11-5-4-10-21(28)27-22)13-20-24(32)29(25(34)35-20)15-17-9-6-12-33-17/h1-5,7-8,10-11,13,17,19,26,30H,6,9,12,14-15H2/b20-13-/t17-,19+/m1/s1. The SMILES string of the molecule is O=C1/C(=C/c2c(NC[C@H](O)c3ccccc3)nc3ccccn3c2=O)SC(=S)N1C[C@H]1CCCO1. The highest BCUT2D eigenvalue weighted by molar-refractivity contribution is 8.26. The molecule has 2 atom stereocenters. The number of hydrogen-bond acceptors (Lipinski definition) is 8. The third kappa shape index (κ3) is 5.01. The number of fused-ring (bicyclic) bond motifs is 1. The number of hydrogen-bond donors (Lipinski definition) is 2. The number of amides is 1. The van der Waals surface area contributed by atoms with E-state index in [0.717, 1.165) is 30.2 Å². The highest BCUT2D eigenvalue weighted by Crippen LogP contribution is 2.34. The molecule has 2 fully saturated rings. The number of benzene rings is 1. The second-order valence-corrected chi connectivity index (χ2v) is 10.0. The van der Waals surface area contributed by atoms with Crippen LogP contribution in [0.15, 0.2) is 64.4 Å². The number of anilines is 1. The van der Waals surface area contributed by atoms with E-state index < -0.39 is 6.10 Å². The van der Waals surface area contributed by atoms with Gasteiger partial charge in [0.15, 0.2) is 0 Å². The summed E-state index contributed by atoms with van der Waals surface area (Å²) in [6, 6.07) is 14.5. The normalized spacial score (nSPS) is 20.2. The van der Waals surface area contributed by atoms with E-state index in [0.29, 0.717) is 33.8 Å². The fourth-order valence-corrected chi connectivity index (χ4v) is 5.39. The minimum absolute atomic E-state index is 0.0264. The van der Waals surface area contributed by atoms with Gasteiger partial charge in [-0.1, -0.05) is 60.4 Å².